The fourth-order valence-electron chi connectivity index (χ4n) is 5.73. The van der Waals surface area contributed by atoms with Crippen molar-refractivity contribution in [2.75, 3.05) is 29.6 Å². The van der Waals surface area contributed by atoms with Gasteiger partial charge in [-0.25, -0.2) is 0 Å². The lowest BCUT2D eigenvalue weighted by Gasteiger charge is -2.51. The van der Waals surface area contributed by atoms with Gasteiger partial charge in [-0.2, -0.15) is 0 Å². The first kappa shape index (κ1) is 18.9. The molecule has 1 spiro atoms. The van der Waals surface area contributed by atoms with E-state index in [1.165, 1.54) is 36.3 Å². The van der Waals surface area contributed by atoms with Crippen molar-refractivity contribution in [3.63, 3.8) is 0 Å². The molecule has 2 heterocycles. The molecular weight excluding hydrogens is 390 g/mol. The van der Waals surface area contributed by atoms with Gasteiger partial charge in [0.2, 0.25) is 0 Å². The second-order valence-corrected chi connectivity index (χ2v) is 11.4. The predicted octanol–water partition coefficient (Wildman–Crippen LogP) is 4.12. The number of ether oxygens (including phenoxy) is 1. The van der Waals surface area contributed by atoms with Crippen molar-refractivity contribution in [3.8, 4) is 0 Å². The van der Waals surface area contributed by atoms with Gasteiger partial charge in [-0.1, -0.05) is 24.6 Å². The lowest BCUT2D eigenvalue weighted by molar-refractivity contribution is -0.154. The molecule has 2 aliphatic carbocycles. The highest BCUT2D eigenvalue weighted by atomic mass is 32.2. The van der Waals surface area contributed by atoms with Gasteiger partial charge in [0.15, 0.2) is 6.61 Å². The first-order valence-corrected chi connectivity index (χ1v) is 12.5. The Labute approximate surface area is 175 Å². The van der Waals surface area contributed by atoms with E-state index in [0.717, 1.165) is 24.9 Å². The average molecular weight is 418 g/mol. The van der Waals surface area contributed by atoms with E-state index in [2.05, 4.69) is 29.6 Å². The molecule has 0 unspecified atom stereocenters. The number of benzene rings is 1. The minimum absolute atomic E-state index is 0.0265. The van der Waals surface area contributed by atoms with Gasteiger partial charge in [0, 0.05) is 23.7 Å². The van der Waals surface area contributed by atoms with Crippen molar-refractivity contribution in [1.82, 2.24) is 0 Å². The van der Waals surface area contributed by atoms with Gasteiger partial charge in [0.05, 0.1) is 10.00 Å². The van der Waals surface area contributed by atoms with Crippen LogP contribution in [0.25, 0.3) is 0 Å². The zero-order chi connectivity index (χ0) is 19.1. The molecule has 1 aromatic rings. The molecule has 2 saturated carbocycles. The van der Waals surface area contributed by atoms with Crippen molar-refractivity contribution in [2.45, 2.75) is 42.6 Å². The largest absolute Gasteiger partial charge is 0.455 e. The van der Waals surface area contributed by atoms with E-state index in [1.807, 2.05) is 18.2 Å². The van der Waals surface area contributed by atoms with Gasteiger partial charge in [-0.3, -0.25) is 9.59 Å². The van der Waals surface area contributed by atoms with Crippen LogP contribution in [0.4, 0.5) is 5.69 Å². The Hall–Kier alpha value is -1.14. The van der Waals surface area contributed by atoms with Crippen LogP contribution in [0.15, 0.2) is 24.3 Å². The van der Waals surface area contributed by atoms with Crippen LogP contribution in [0.1, 0.15) is 37.7 Å². The van der Waals surface area contributed by atoms with Crippen LogP contribution in [0, 0.1) is 17.8 Å². The van der Waals surface area contributed by atoms with Gasteiger partial charge in [-0.05, 0) is 55.6 Å². The summed E-state index contributed by atoms with van der Waals surface area (Å²) in [5.74, 6) is 3.46. The molecule has 0 N–H and O–H groups in total. The SMILES string of the molecule is O=C(OCC(=O)N1CCc2ccccc21)C1C[C@H]2CCC[C@H](C1)C21SCCS1. The molecule has 1 aromatic carbocycles. The molecule has 2 bridgehead atoms. The van der Waals surface area contributed by atoms with Crippen molar-refractivity contribution in [1.29, 1.82) is 0 Å². The zero-order valence-corrected chi connectivity index (χ0v) is 17.7. The summed E-state index contributed by atoms with van der Waals surface area (Å²) in [5.41, 5.74) is 2.16. The molecule has 4 nitrogen and oxygen atoms in total. The fourth-order valence-corrected chi connectivity index (χ4v) is 9.66. The highest BCUT2D eigenvalue weighted by molar-refractivity contribution is 8.21. The van der Waals surface area contributed by atoms with Crippen LogP contribution in [0.5, 0.6) is 0 Å². The van der Waals surface area contributed by atoms with E-state index in [0.29, 0.717) is 22.5 Å². The third-order valence-electron chi connectivity index (χ3n) is 6.98. The van der Waals surface area contributed by atoms with Crippen molar-refractivity contribution < 1.29 is 14.3 Å². The maximum atomic E-state index is 12.8. The highest BCUT2D eigenvalue weighted by Gasteiger charge is 2.55. The summed E-state index contributed by atoms with van der Waals surface area (Å²) < 4.78 is 5.91. The van der Waals surface area contributed by atoms with E-state index in [1.54, 1.807) is 4.90 Å². The summed E-state index contributed by atoms with van der Waals surface area (Å²) in [7, 11) is 0. The molecule has 3 fully saturated rings. The molecule has 28 heavy (non-hydrogen) atoms. The molecule has 1 saturated heterocycles. The quantitative estimate of drug-likeness (QED) is 0.693. The number of hydrogen-bond donors (Lipinski definition) is 0. The summed E-state index contributed by atoms with van der Waals surface area (Å²) in [5, 5.41) is 0. The number of fused-ring (bicyclic) bond motifs is 1. The van der Waals surface area contributed by atoms with E-state index < -0.39 is 0 Å². The predicted molar refractivity (Wildman–Crippen MR) is 115 cm³/mol. The summed E-state index contributed by atoms with van der Waals surface area (Å²) >= 11 is 4.30. The van der Waals surface area contributed by atoms with Gasteiger partial charge < -0.3 is 9.64 Å². The maximum Gasteiger partial charge on any atom is 0.309 e. The maximum absolute atomic E-state index is 12.8. The summed E-state index contributed by atoms with van der Waals surface area (Å²) in [6.07, 6.45) is 6.53. The normalized spacial score (nSPS) is 30.3. The molecule has 1 amide bonds. The Bertz CT molecular complexity index is 761. The first-order chi connectivity index (χ1) is 13.7. The molecule has 0 radical (unpaired) electrons. The number of anilines is 1. The Morgan fingerprint density at radius 2 is 1.82 bits per heavy atom. The van der Waals surface area contributed by atoms with Crippen LogP contribution in [-0.2, 0) is 20.7 Å². The molecule has 5 rings (SSSR count). The van der Waals surface area contributed by atoms with Crippen LogP contribution in [0.3, 0.4) is 0 Å². The third kappa shape index (κ3) is 3.17. The van der Waals surface area contributed by atoms with Gasteiger partial charge in [0.1, 0.15) is 0 Å². The lowest BCUT2D eigenvalue weighted by Crippen LogP contribution is -2.48. The number of carbonyl (C=O) groups excluding carboxylic acids is 2. The minimum Gasteiger partial charge on any atom is -0.455 e. The number of para-hydroxylation sites is 1. The molecule has 4 aliphatic rings. The molecule has 150 valence electrons. The van der Waals surface area contributed by atoms with E-state index in [4.69, 9.17) is 4.74 Å². The van der Waals surface area contributed by atoms with Crippen LogP contribution in [-0.4, -0.2) is 40.6 Å². The molecule has 2 aliphatic heterocycles. The molecule has 2 atom stereocenters. The van der Waals surface area contributed by atoms with Crippen molar-refractivity contribution >= 4 is 41.1 Å². The standard InChI is InChI=1S/C22H27NO3S2/c24-20(23-9-8-15-4-1-2-7-19(15)23)14-26-21(25)16-12-17-5-3-6-18(13-16)22(17)27-10-11-28-22/h1-2,4,7,16-18H,3,5-6,8-14H2/t17-,18-/m1/s1. The number of carbonyl (C=O) groups is 2. The van der Waals surface area contributed by atoms with Gasteiger partial charge >= 0.3 is 5.97 Å². The van der Waals surface area contributed by atoms with Crippen LogP contribution < -0.4 is 4.90 Å². The number of hydrogen-bond acceptors (Lipinski definition) is 5. The number of thioether (sulfide) groups is 2. The Kier molecular flexibility index (Phi) is 5.12. The summed E-state index contributed by atoms with van der Waals surface area (Å²) in [6.45, 7) is 0.550. The zero-order valence-electron chi connectivity index (χ0n) is 16.1. The van der Waals surface area contributed by atoms with Crippen LogP contribution in [0.2, 0.25) is 0 Å². The second kappa shape index (κ2) is 7.60. The molecule has 0 aromatic heterocycles. The Morgan fingerprint density at radius 3 is 2.57 bits per heavy atom. The smallest absolute Gasteiger partial charge is 0.309 e. The van der Waals surface area contributed by atoms with E-state index in [-0.39, 0.29) is 24.4 Å². The minimum atomic E-state index is -0.152. The lowest BCUT2D eigenvalue weighted by atomic mass is 9.67. The average Bonchev–Trinajstić information content (AvgIpc) is 3.33. The number of amides is 1. The summed E-state index contributed by atoms with van der Waals surface area (Å²) in [4.78, 5) is 27.2. The monoisotopic (exact) mass is 417 g/mol. The number of nitrogens with zero attached hydrogens (tertiary/aromatic N) is 1. The molecule has 6 heteroatoms. The van der Waals surface area contributed by atoms with E-state index >= 15 is 0 Å². The molecular formula is C22H27NO3S2. The number of rotatable bonds is 3. The summed E-state index contributed by atoms with van der Waals surface area (Å²) in [6, 6.07) is 7.98. The second-order valence-electron chi connectivity index (χ2n) is 8.44. The van der Waals surface area contributed by atoms with Crippen molar-refractivity contribution in [2.24, 2.45) is 17.8 Å². The number of esters is 1. The fraction of sp³-hybridized carbons (Fsp3) is 0.636. The van der Waals surface area contributed by atoms with E-state index in [9.17, 15) is 9.59 Å². The van der Waals surface area contributed by atoms with Gasteiger partial charge in [-0.15, -0.1) is 23.5 Å². The topological polar surface area (TPSA) is 46.6 Å². The van der Waals surface area contributed by atoms with Gasteiger partial charge in [0.25, 0.3) is 5.91 Å². The first-order valence-electron chi connectivity index (χ1n) is 10.5. The Balaban J connectivity index is 1.20. The van der Waals surface area contributed by atoms with Crippen LogP contribution >= 0.6 is 23.5 Å². The Morgan fingerprint density at radius 1 is 1.11 bits per heavy atom. The van der Waals surface area contributed by atoms with Crippen molar-refractivity contribution in [3.05, 3.63) is 29.8 Å². The highest BCUT2D eigenvalue weighted by Crippen LogP contribution is 2.64. The third-order valence-corrected chi connectivity index (χ3v) is 11.0.